The highest BCUT2D eigenvalue weighted by molar-refractivity contribution is 5.55. The lowest BCUT2D eigenvalue weighted by molar-refractivity contribution is 0.617. The van der Waals surface area contributed by atoms with E-state index >= 15 is 0 Å². The second-order valence-electron chi connectivity index (χ2n) is 6.19. The molecule has 1 heterocycles. The SMILES string of the molecule is Cc1cc(NC2CCCCCC2)nc(Nc2cccc(F)c2)n1. The molecule has 2 aromatic rings. The highest BCUT2D eigenvalue weighted by Gasteiger charge is 2.13. The topological polar surface area (TPSA) is 49.8 Å². The van der Waals surface area contributed by atoms with Gasteiger partial charge in [0.05, 0.1) is 0 Å². The molecular weight excluding hydrogens is 291 g/mol. The second kappa shape index (κ2) is 7.40. The van der Waals surface area contributed by atoms with E-state index in [4.69, 9.17) is 0 Å². The smallest absolute Gasteiger partial charge is 0.229 e. The average molecular weight is 314 g/mol. The van der Waals surface area contributed by atoms with E-state index in [-0.39, 0.29) is 5.82 Å². The molecule has 0 amide bonds. The van der Waals surface area contributed by atoms with Crippen molar-refractivity contribution in [2.24, 2.45) is 0 Å². The number of rotatable bonds is 4. The Bertz CT molecular complexity index is 651. The van der Waals surface area contributed by atoms with Crippen molar-refractivity contribution in [2.75, 3.05) is 10.6 Å². The molecule has 1 aliphatic carbocycles. The number of nitrogens with one attached hydrogen (secondary N) is 2. The van der Waals surface area contributed by atoms with E-state index in [1.807, 2.05) is 13.0 Å². The molecule has 4 nitrogen and oxygen atoms in total. The van der Waals surface area contributed by atoms with E-state index in [0.717, 1.165) is 11.5 Å². The molecule has 3 rings (SSSR count). The van der Waals surface area contributed by atoms with Crippen molar-refractivity contribution >= 4 is 17.5 Å². The van der Waals surface area contributed by atoms with Crippen molar-refractivity contribution in [1.29, 1.82) is 0 Å². The number of anilines is 3. The van der Waals surface area contributed by atoms with Crippen molar-refractivity contribution in [3.05, 3.63) is 41.8 Å². The van der Waals surface area contributed by atoms with Crippen LogP contribution in [-0.4, -0.2) is 16.0 Å². The highest BCUT2D eigenvalue weighted by atomic mass is 19.1. The Kier molecular flexibility index (Phi) is 5.05. The van der Waals surface area contributed by atoms with Crippen LogP contribution in [-0.2, 0) is 0 Å². The van der Waals surface area contributed by atoms with Crippen molar-refractivity contribution in [2.45, 2.75) is 51.5 Å². The first kappa shape index (κ1) is 15.7. The fourth-order valence-electron chi connectivity index (χ4n) is 3.03. The molecule has 1 aliphatic rings. The number of aromatic nitrogens is 2. The van der Waals surface area contributed by atoms with Gasteiger partial charge in [0, 0.05) is 23.5 Å². The van der Waals surface area contributed by atoms with Gasteiger partial charge in [-0.05, 0) is 38.0 Å². The van der Waals surface area contributed by atoms with Gasteiger partial charge in [0.15, 0.2) is 0 Å². The van der Waals surface area contributed by atoms with Gasteiger partial charge < -0.3 is 10.6 Å². The number of hydrogen-bond acceptors (Lipinski definition) is 4. The predicted octanol–water partition coefficient (Wildman–Crippen LogP) is 4.80. The lowest BCUT2D eigenvalue weighted by atomic mass is 10.1. The summed E-state index contributed by atoms with van der Waals surface area (Å²) in [4.78, 5) is 8.91. The maximum absolute atomic E-state index is 13.3. The van der Waals surface area contributed by atoms with Crippen LogP contribution in [0.1, 0.15) is 44.2 Å². The van der Waals surface area contributed by atoms with E-state index in [1.54, 1.807) is 12.1 Å². The molecule has 1 aromatic carbocycles. The highest BCUT2D eigenvalue weighted by Crippen LogP contribution is 2.22. The van der Waals surface area contributed by atoms with E-state index in [2.05, 4.69) is 20.6 Å². The molecule has 0 bridgehead atoms. The summed E-state index contributed by atoms with van der Waals surface area (Å²) in [6.07, 6.45) is 7.58. The Morgan fingerprint density at radius 1 is 1.04 bits per heavy atom. The third kappa shape index (κ3) is 4.65. The first-order valence-electron chi connectivity index (χ1n) is 8.34. The molecule has 0 saturated heterocycles. The lowest BCUT2D eigenvalue weighted by Crippen LogP contribution is -2.19. The zero-order chi connectivity index (χ0) is 16.1. The van der Waals surface area contributed by atoms with Crippen LogP contribution in [0.4, 0.5) is 21.8 Å². The lowest BCUT2D eigenvalue weighted by Gasteiger charge is -2.17. The Hall–Kier alpha value is -2.17. The zero-order valence-corrected chi connectivity index (χ0v) is 13.5. The summed E-state index contributed by atoms with van der Waals surface area (Å²) in [7, 11) is 0. The zero-order valence-electron chi connectivity index (χ0n) is 13.5. The molecule has 0 unspecified atom stereocenters. The van der Waals surface area contributed by atoms with E-state index < -0.39 is 0 Å². The number of hydrogen-bond donors (Lipinski definition) is 2. The van der Waals surface area contributed by atoms with Crippen LogP contribution in [0.15, 0.2) is 30.3 Å². The van der Waals surface area contributed by atoms with Crippen LogP contribution >= 0.6 is 0 Å². The second-order valence-corrected chi connectivity index (χ2v) is 6.19. The van der Waals surface area contributed by atoms with Gasteiger partial charge in [-0.3, -0.25) is 0 Å². The molecular formula is C18H23FN4. The summed E-state index contributed by atoms with van der Waals surface area (Å²) in [5.74, 6) is 1.05. The van der Waals surface area contributed by atoms with Gasteiger partial charge in [0.1, 0.15) is 11.6 Å². The van der Waals surface area contributed by atoms with Gasteiger partial charge in [-0.1, -0.05) is 31.7 Å². The standard InChI is InChI=1S/C18H23FN4/c1-13-11-17(21-15-8-4-2-3-5-9-15)23-18(20-13)22-16-10-6-7-14(19)12-16/h6-7,10-12,15H,2-5,8-9H2,1H3,(H2,20,21,22,23). The third-order valence-electron chi connectivity index (χ3n) is 4.14. The molecule has 0 spiro atoms. The molecule has 0 aliphatic heterocycles. The molecule has 2 N–H and O–H groups in total. The molecule has 1 fully saturated rings. The summed E-state index contributed by atoms with van der Waals surface area (Å²) in [6.45, 7) is 1.94. The maximum Gasteiger partial charge on any atom is 0.229 e. The van der Waals surface area contributed by atoms with Crippen molar-refractivity contribution < 1.29 is 4.39 Å². The molecule has 122 valence electrons. The van der Waals surface area contributed by atoms with Gasteiger partial charge in [0.2, 0.25) is 5.95 Å². The molecule has 0 radical (unpaired) electrons. The minimum Gasteiger partial charge on any atom is -0.367 e. The van der Waals surface area contributed by atoms with Crippen LogP contribution < -0.4 is 10.6 Å². The van der Waals surface area contributed by atoms with Crippen LogP contribution in [0.3, 0.4) is 0 Å². The van der Waals surface area contributed by atoms with Crippen molar-refractivity contribution in [1.82, 2.24) is 9.97 Å². The average Bonchev–Trinajstić information content (AvgIpc) is 2.75. The van der Waals surface area contributed by atoms with E-state index in [1.165, 1.54) is 50.7 Å². The van der Waals surface area contributed by atoms with E-state index in [0.29, 0.717) is 17.7 Å². The molecule has 0 atom stereocenters. The van der Waals surface area contributed by atoms with Crippen molar-refractivity contribution in [3.63, 3.8) is 0 Å². The largest absolute Gasteiger partial charge is 0.367 e. The van der Waals surface area contributed by atoms with Crippen LogP contribution in [0.5, 0.6) is 0 Å². The van der Waals surface area contributed by atoms with Crippen LogP contribution in [0.25, 0.3) is 0 Å². The Morgan fingerprint density at radius 2 is 1.83 bits per heavy atom. The number of nitrogens with zero attached hydrogens (tertiary/aromatic N) is 2. The van der Waals surface area contributed by atoms with Gasteiger partial charge in [-0.2, -0.15) is 4.98 Å². The van der Waals surface area contributed by atoms with Crippen LogP contribution in [0, 0.1) is 12.7 Å². The minimum atomic E-state index is -0.278. The normalized spacial score (nSPS) is 15.9. The van der Waals surface area contributed by atoms with Crippen LogP contribution in [0.2, 0.25) is 0 Å². The summed E-state index contributed by atoms with van der Waals surface area (Å²) in [6, 6.07) is 8.76. The quantitative estimate of drug-likeness (QED) is 0.796. The number of halogens is 1. The first-order valence-corrected chi connectivity index (χ1v) is 8.34. The first-order chi connectivity index (χ1) is 11.2. The van der Waals surface area contributed by atoms with E-state index in [9.17, 15) is 4.39 Å². The summed E-state index contributed by atoms with van der Waals surface area (Å²) in [5, 5.41) is 6.61. The summed E-state index contributed by atoms with van der Waals surface area (Å²) < 4.78 is 13.3. The molecule has 1 saturated carbocycles. The predicted molar refractivity (Wildman–Crippen MR) is 91.6 cm³/mol. The number of aryl methyl sites for hydroxylation is 1. The fraction of sp³-hybridized carbons (Fsp3) is 0.444. The van der Waals surface area contributed by atoms with Gasteiger partial charge in [0.25, 0.3) is 0 Å². The van der Waals surface area contributed by atoms with Gasteiger partial charge in [-0.15, -0.1) is 0 Å². The Balaban J connectivity index is 1.73. The molecule has 1 aromatic heterocycles. The van der Waals surface area contributed by atoms with Crippen molar-refractivity contribution in [3.8, 4) is 0 Å². The Labute approximate surface area is 136 Å². The molecule has 23 heavy (non-hydrogen) atoms. The Morgan fingerprint density at radius 3 is 2.57 bits per heavy atom. The third-order valence-corrected chi connectivity index (χ3v) is 4.14. The van der Waals surface area contributed by atoms with Gasteiger partial charge in [-0.25, -0.2) is 9.37 Å². The number of benzene rings is 1. The van der Waals surface area contributed by atoms with Gasteiger partial charge >= 0.3 is 0 Å². The fourth-order valence-corrected chi connectivity index (χ4v) is 3.03. The maximum atomic E-state index is 13.3. The monoisotopic (exact) mass is 314 g/mol. The minimum absolute atomic E-state index is 0.278. The molecule has 5 heteroatoms. The summed E-state index contributed by atoms with van der Waals surface area (Å²) >= 11 is 0. The summed E-state index contributed by atoms with van der Waals surface area (Å²) in [5.41, 5.74) is 1.53.